The number of hydrogen-bond acceptors (Lipinski definition) is 4. The number of nitrogens with one attached hydrogen (secondary N) is 1. The molecule has 1 heterocycles. The van der Waals surface area contributed by atoms with Gasteiger partial charge in [0.2, 0.25) is 0 Å². The number of rotatable bonds is 7. The van der Waals surface area contributed by atoms with Gasteiger partial charge in [0.05, 0.1) is 16.8 Å². The fourth-order valence-corrected chi connectivity index (χ4v) is 2.83. The molecule has 0 saturated carbocycles. The molecule has 0 fully saturated rings. The predicted octanol–water partition coefficient (Wildman–Crippen LogP) is 2.81. The van der Waals surface area contributed by atoms with Crippen molar-refractivity contribution < 1.29 is 9.52 Å². The largest absolute Gasteiger partial charge is 0.466 e. The van der Waals surface area contributed by atoms with Crippen LogP contribution in [0.3, 0.4) is 0 Å². The molecule has 5 heteroatoms. The summed E-state index contributed by atoms with van der Waals surface area (Å²) in [5.41, 5.74) is 0. The van der Waals surface area contributed by atoms with E-state index in [9.17, 15) is 0 Å². The summed E-state index contributed by atoms with van der Waals surface area (Å²) in [4.78, 5) is 0. The zero-order valence-corrected chi connectivity index (χ0v) is 12.0. The molecule has 2 atom stereocenters. The van der Waals surface area contributed by atoms with E-state index in [1.807, 2.05) is 6.07 Å². The lowest BCUT2D eigenvalue weighted by molar-refractivity contribution is 0.262. The molecule has 16 heavy (non-hydrogen) atoms. The van der Waals surface area contributed by atoms with Crippen molar-refractivity contribution in [2.75, 3.05) is 18.6 Å². The third-order valence-electron chi connectivity index (χ3n) is 2.37. The zero-order valence-electron chi connectivity index (χ0n) is 9.57. The molecule has 0 saturated heterocycles. The van der Waals surface area contributed by atoms with Gasteiger partial charge >= 0.3 is 0 Å². The van der Waals surface area contributed by atoms with Crippen molar-refractivity contribution in [3.8, 4) is 0 Å². The van der Waals surface area contributed by atoms with Crippen LogP contribution in [0.5, 0.6) is 0 Å². The molecule has 0 aliphatic heterocycles. The van der Waals surface area contributed by atoms with Gasteiger partial charge in [0.15, 0.2) is 0 Å². The molecule has 0 spiro atoms. The Kier molecular flexibility index (Phi) is 6.49. The van der Waals surface area contributed by atoms with Crippen LogP contribution in [-0.4, -0.2) is 29.8 Å². The first kappa shape index (κ1) is 14.1. The number of aliphatic hydroxyl groups is 1. The van der Waals surface area contributed by atoms with Crippen molar-refractivity contribution in [2.24, 2.45) is 0 Å². The highest BCUT2D eigenvalue weighted by Gasteiger charge is 2.16. The van der Waals surface area contributed by atoms with E-state index in [0.717, 1.165) is 22.4 Å². The normalized spacial score (nSPS) is 15.0. The van der Waals surface area contributed by atoms with Gasteiger partial charge in [-0.15, -0.1) is 0 Å². The van der Waals surface area contributed by atoms with Crippen LogP contribution in [-0.2, 0) is 0 Å². The number of halogens is 1. The predicted molar refractivity (Wildman–Crippen MR) is 71.8 cm³/mol. The molecule has 3 nitrogen and oxygen atoms in total. The van der Waals surface area contributed by atoms with Crippen molar-refractivity contribution in [1.29, 1.82) is 0 Å². The lowest BCUT2D eigenvalue weighted by Crippen LogP contribution is -2.34. The van der Waals surface area contributed by atoms with Crippen LogP contribution in [0.15, 0.2) is 21.2 Å². The summed E-state index contributed by atoms with van der Waals surface area (Å²) in [7, 11) is 0. The maximum atomic E-state index is 8.98. The van der Waals surface area contributed by atoms with E-state index in [4.69, 9.17) is 9.52 Å². The van der Waals surface area contributed by atoms with Gasteiger partial charge < -0.3 is 14.8 Å². The molecular formula is C11H18BrNO2S. The Hall–Kier alpha value is 0.0300. The molecule has 2 N–H and O–H groups in total. The first-order valence-corrected chi connectivity index (χ1v) is 7.46. The van der Waals surface area contributed by atoms with Gasteiger partial charge in [-0.2, -0.15) is 11.8 Å². The van der Waals surface area contributed by atoms with E-state index in [0.29, 0.717) is 6.04 Å². The summed E-state index contributed by atoms with van der Waals surface area (Å²) >= 11 is 5.22. The Morgan fingerprint density at radius 1 is 1.62 bits per heavy atom. The van der Waals surface area contributed by atoms with Gasteiger partial charge in [0.25, 0.3) is 0 Å². The molecule has 0 aliphatic rings. The van der Waals surface area contributed by atoms with E-state index in [-0.39, 0.29) is 12.6 Å². The van der Waals surface area contributed by atoms with E-state index in [2.05, 4.69) is 34.4 Å². The van der Waals surface area contributed by atoms with Gasteiger partial charge in [0.1, 0.15) is 5.76 Å². The smallest absolute Gasteiger partial charge is 0.134 e. The summed E-state index contributed by atoms with van der Waals surface area (Å²) in [6.07, 6.45) is 4.51. The van der Waals surface area contributed by atoms with Crippen LogP contribution >= 0.6 is 27.7 Å². The summed E-state index contributed by atoms with van der Waals surface area (Å²) < 4.78 is 6.39. The highest BCUT2D eigenvalue weighted by Crippen LogP contribution is 2.24. The fraction of sp³-hybridized carbons (Fsp3) is 0.636. The average Bonchev–Trinajstić information content (AvgIpc) is 2.65. The van der Waals surface area contributed by atoms with E-state index in [1.54, 1.807) is 18.0 Å². The molecule has 0 radical (unpaired) electrons. The molecular weight excluding hydrogens is 290 g/mol. The lowest BCUT2D eigenvalue weighted by atomic mass is 10.2. The highest BCUT2D eigenvalue weighted by molar-refractivity contribution is 9.10. The second-order valence-electron chi connectivity index (χ2n) is 3.69. The van der Waals surface area contributed by atoms with Crippen molar-refractivity contribution in [3.05, 3.63) is 22.6 Å². The van der Waals surface area contributed by atoms with Crippen molar-refractivity contribution in [3.63, 3.8) is 0 Å². The molecule has 92 valence electrons. The van der Waals surface area contributed by atoms with Crippen LogP contribution in [0.1, 0.15) is 25.1 Å². The number of hydrogen-bond donors (Lipinski definition) is 2. The SMILES string of the molecule is CSCC(CCO)NC(C)c1occc1Br. The second-order valence-corrected chi connectivity index (χ2v) is 5.45. The second kappa shape index (κ2) is 7.37. The van der Waals surface area contributed by atoms with Crippen molar-refractivity contribution in [1.82, 2.24) is 5.32 Å². The van der Waals surface area contributed by atoms with Crippen LogP contribution in [0.4, 0.5) is 0 Å². The topological polar surface area (TPSA) is 45.4 Å². The molecule has 1 aromatic heterocycles. The van der Waals surface area contributed by atoms with Crippen LogP contribution in [0, 0.1) is 0 Å². The maximum Gasteiger partial charge on any atom is 0.134 e. The fourth-order valence-electron chi connectivity index (χ4n) is 1.62. The Bertz CT molecular complexity index is 300. The minimum absolute atomic E-state index is 0.146. The first-order valence-electron chi connectivity index (χ1n) is 5.27. The third-order valence-corrected chi connectivity index (χ3v) is 3.76. The van der Waals surface area contributed by atoms with Crippen LogP contribution < -0.4 is 5.32 Å². The Morgan fingerprint density at radius 2 is 2.38 bits per heavy atom. The minimum Gasteiger partial charge on any atom is -0.466 e. The minimum atomic E-state index is 0.146. The van der Waals surface area contributed by atoms with Gasteiger partial charge in [0, 0.05) is 18.4 Å². The lowest BCUT2D eigenvalue weighted by Gasteiger charge is -2.21. The van der Waals surface area contributed by atoms with Gasteiger partial charge in [-0.3, -0.25) is 0 Å². The number of aliphatic hydroxyl groups excluding tert-OH is 1. The Morgan fingerprint density at radius 3 is 2.88 bits per heavy atom. The molecule has 2 unspecified atom stereocenters. The molecule has 1 rings (SSSR count). The van der Waals surface area contributed by atoms with Gasteiger partial charge in [-0.1, -0.05) is 0 Å². The van der Waals surface area contributed by atoms with Crippen LogP contribution in [0.2, 0.25) is 0 Å². The quantitative estimate of drug-likeness (QED) is 0.813. The van der Waals surface area contributed by atoms with Crippen molar-refractivity contribution >= 4 is 27.7 Å². The van der Waals surface area contributed by atoms with Gasteiger partial charge in [-0.05, 0) is 41.6 Å². The third kappa shape index (κ3) is 4.13. The summed E-state index contributed by atoms with van der Waals surface area (Å²) in [6, 6.07) is 2.35. The molecule has 1 aromatic rings. The highest BCUT2D eigenvalue weighted by atomic mass is 79.9. The molecule has 0 aromatic carbocycles. The summed E-state index contributed by atoms with van der Waals surface area (Å²) in [5.74, 6) is 1.90. The maximum absolute atomic E-state index is 8.98. The first-order chi connectivity index (χ1) is 7.69. The Balaban J connectivity index is 2.54. The monoisotopic (exact) mass is 307 g/mol. The molecule has 0 aliphatic carbocycles. The van der Waals surface area contributed by atoms with Crippen molar-refractivity contribution in [2.45, 2.75) is 25.4 Å². The van der Waals surface area contributed by atoms with E-state index < -0.39 is 0 Å². The summed E-state index contributed by atoms with van der Waals surface area (Å²) in [6.45, 7) is 2.28. The molecule has 0 amide bonds. The number of furan rings is 1. The zero-order chi connectivity index (χ0) is 12.0. The average molecular weight is 308 g/mol. The standard InChI is InChI=1S/C11H18BrNO2S/c1-8(11-10(12)4-6-15-11)13-9(3-5-14)7-16-2/h4,6,8-9,13-14H,3,5,7H2,1-2H3. The Labute approximate surface area is 109 Å². The van der Waals surface area contributed by atoms with E-state index in [1.165, 1.54) is 0 Å². The van der Waals surface area contributed by atoms with Crippen LogP contribution in [0.25, 0.3) is 0 Å². The van der Waals surface area contributed by atoms with Gasteiger partial charge in [-0.25, -0.2) is 0 Å². The molecule has 0 bridgehead atoms. The van der Waals surface area contributed by atoms with E-state index >= 15 is 0 Å². The number of thioether (sulfide) groups is 1. The summed E-state index contributed by atoms with van der Waals surface area (Å²) in [5, 5.41) is 12.4.